The number of carbonyl (C=O) groups is 2. The fourth-order valence-electron chi connectivity index (χ4n) is 2.19. The third kappa shape index (κ3) is 3.38. The van der Waals surface area contributed by atoms with E-state index in [2.05, 4.69) is 10.3 Å². The summed E-state index contributed by atoms with van der Waals surface area (Å²) < 4.78 is 18.3. The first-order valence-electron chi connectivity index (χ1n) is 7.30. The topological polar surface area (TPSA) is 88.5 Å². The molecule has 1 amide bonds. The number of hydrogen-bond acceptors (Lipinski definition) is 5. The van der Waals surface area contributed by atoms with Crippen LogP contribution in [0.4, 0.5) is 4.39 Å². The van der Waals surface area contributed by atoms with E-state index in [9.17, 15) is 14.0 Å². The van der Waals surface area contributed by atoms with Crippen LogP contribution in [-0.4, -0.2) is 27.5 Å². The summed E-state index contributed by atoms with van der Waals surface area (Å²) in [5, 5.41) is 12.3. The summed E-state index contributed by atoms with van der Waals surface area (Å²) in [6, 6.07) is 5.60. The average Bonchev–Trinajstić information content (AvgIpc) is 3.22. The number of carbonyl (C=O) groups excluding carboxylic acids is 1. The second kappa shape index (κ2) is 6.20. The molecule has 1 saturated carbocycles. The Bertz CT molecular complexity index is 784. The fourth-order valence-corrected chi connectivity index (χ4v) is 3.07. The number of nitrogens with zero attached hydrogens (tertiary/aromatic N) is 1. The van der Waals surface area contributed by atoms with Gasteiger partial charge in [0.2, 0.25) is 0 Å². The van der Waals surface area contributed by atoms with Crippen molar-refractivity contribution >= 4 is 23.2 Å². The number of hydrogen-bond donors (Lipinski definition) is 2. The van der Waals surface area contributed by atoms with Gasteiger partial charge in [-0.3, -0.25) is 4.79 Å². The number of halogens is 1. The highest BCUT2D eigenvalue weighted by molar-refractivity contribution is 7.13. The highest BCUT2D eigenvalue weighted by Gasteiger charge is 2.52. The highest BCUT2D eigenvalue weighted by Crippen LogP contribution is 2.36. The summed E-state index contributed by atoms with van der Waals surface area (Å²) in [5.41, 5.74) is -0.602. The number of rotatable bonds is 6. The molecule has 1 aliphatic rings. The van der Waals surface area contributed by atoms with E-state index in [1.165, 1.54) is 24.3 Å². The van der Waals surface area contributed by atoms with E-state index in [0.29, 0.717) is 34.2 Å². The minimum atomic E-state index is -1.13. The Morgan fingerprint density at radius 2 is 2.04 bits per heavy atom. The number of aryl methyl sites for hydroxylation is 1. The van der Waals surface area contributed by atoms with Crippen LogP contribution < -0.4 is 10.1 Å². The van der Waals surface area contributed by atoms with Crippen molar-refractivity contribution < 1.29 is 23.8 Å². The number of carboxylic acid groups (broad SMARTS) is 1. The summed E-state index contributed by atoms with van der Waals surface area (Å²) in [4.78, 5) is 28.1. The van der Waals surface area contributed by atoms with E-state index in [0.717, 1.165) is 11.3 Å². The number of aliphatic carboxylic acids is 1. The molecule has 8 heteroatoms. The summed E-state index contributed by atoms with van der Waals surface area (Å²) in [7, 11) is 0. The van der Waals surface area contributed by atoms with Gasteiger partial charge in [0.25, 0.3) is 5.91 Å². The lowest BCUT2D eigenvalue weighted by molar-refractivity contribution is -0.140. The second-order valence-electron chi connectivity index (χ2n) is 5.61. The Morgan fingerprint density at radius 1 is 1.38 bits per heavy atom. The lowest BCUT2D eigenvalue weighted by atomic mass is 10.2. The molecule has 0 bridgehead atoms. The zero-order chi connectivity index (χ0) is 17.3. The monoisotopic (exact) mass is 350 g/mol. The van der Waals surface area contributed by atoms with Crippen molar-refractivity contribution in [2.24, 2.45) is 0 Å². The molecule has 0 saturated heterocycles. The predicted molar refractivity (Wildman–Crippen MR) is 84.7 cm³/mol. The van der Waals surface area contributed by atoms with Crippen molar-refractivity contribution in [3.05, 3.63) is 45.7 Å². The fraction of sp³-hybridized carbons (Fsp3) is 0.312. The van der Waals surface area contributed by atoms with Gasteiger partial charge in [-0.2, -0.15) is 0 Å². The van der Waals surface area contributed by atoms with E-state index in [1.54, 1.807) is 6.92 Å². The third-order valence-corrected chi connectivity index (χ3v) is 4.86. The molecule has 1 aromatic heterocycles. The van der Waals surface area contributed by atoms with Crippen molar-refractivity contribution in [1.82, 2.24) is 10.3 Å². The maximum absolute atomic E-state index is 12.8. The van der Waals surface area contributed by atoms with Crippen LogP contribution in [-0.2, 0) is 11.4 Å². The molecule has 2 aromatic rings. The van der Waals surface area contributed by atoms with Crippen molar-refractivity contribution in [3.8, 4) is 5.75 Å². The summed E-state index contributed by atoms with van der Waals surface area (Å²) >= 11 is 1.16. The van der Waals surface area contributed by atoms with Gasteiger partial charge >= 0.3 is 5.97 Å². The molecule has 3 rings (SSSR count). The minimum Gasteiger partial charge on any atom is -0.486 e. The molecule has 0 spiro atoms. The van der Waals surface area contributed by atoms with Crippen LogP contribution in [0.15, 0.2) is 24.3 Å². The molecule has 1 aromatic carbocycles. The number of thiazole rings is 1. The van der Waals surface area contributed by atoms with Gasteiger partial charge in [0.15, 0.2) is 0 Å². The number of amides is 1. The summed E-state index contributed by atoms with van der Waals surface area (Å²) in [5.74, 6) is -1.30. The molecule has 1 heterocycles. The van der Waals surface area contributed by atoms with Gasteiger partial charge in [0, 0.05) is 0 Å². The largest absolute Gasteiger partial charge is 0.486 e. The summed E-state index contributed by atoms with van der Waals surface area (Å²) in [6.45, 7) is 1.83. The zero-order valence-electron chi connectivity index (χ0n) is 12.8. The Labute approximate surface area is 141 Å². The van der Waals surface area contributed by atoms with E-state index in [1.807, 2.05) is 0 Å². The normalized spacial score (nSPS) is 14.9. The van der Waals surface area contributed by atoms with E-state index >= 15 is 0 Å². The number of ether oxygens (including phenoxy) is 1. The molecule has 0 atom stereocenters. The Balaban J connectivity index is 1.65. The van der Waals surface area contributed by atoms with Gasteiger partial charge in [-0.25, -0.2) is 14.2 Å². The van der Waals surface area contributed by atoms with Gasteiger partial charge in [-0.1, -0.05) is 0 Å². The Hall–Kier alpha value is -2.48. The van der Waals surface area contributed by atoms with Crippen LogP contribution in [0, 0.1) is 12.7 Å². The Morgan fingerprint density at radius 3 is 2.62 bits per heavy atom. The first kappa shape index (κ1) is 16.4. The second-order valence-corrected chi connectivity index (χ2v) is 6.69. The van der Waals surface area contributed by atoms with E-state index < -0.39 is 17.4 Å². The van der Waals surface area contributed by atoms with Crippen LogP contribution in [0.3, 0.4) is 0 Å². The van der Waals surface area contributed by atoms with Gasteiger partial charge in [0.1, 0.15) is 33.6 Å². The standard InChI is InChI=1S/C16H15FN2O4S/c1-9-13(14(20)19-16(6-7-16)15(21)22)24-12(18-9)8-23-11-4-2-10(17)3-5-11/h2-5H,6-8H2,1H3,(H,19,20)(H,21,22). The van der Waals surface area contributed by atoms with E-state index in [4.69, 9.17) is 9.84 Å². The van der Waals surface area contributed by atoms with Crippen molar-refractivity contribution in [3.63, 3.8) is 0 Å². The molecule has 2 N–H and O–H groups in total. The molecule has 1 aliphatic carbocycles. The predicted octanol–water partition coefficient (Wildman–Crippen LogP) is 2.52. The number of benzene rings is 1. The van der Waals surface area contributed by atoms with Crippen molar-refractivity contribution in [2.45, 2.75) is 31.9 Å². The van der Waals surface area contributed by atoms with Gasteiger partial charge in [-0.15, -0.1) is 11.3 Å². The lowest BCUT2D eigenvalue weighted by Crippen LogP contribution is -2.42. The smallest absolute Gasteiger partial charge is 0.329 e. The first-order valence-corrected chi connectivity index (χ1v) is 8.12. The molecular weight excluding hydrogens is 335 g/mol. The third-order valence-electron chi connectivity index (χ3n) is 3.74. The van der Waals surface area contributed by atoms with Crippen LogP contribution in [0.5, 0.6) is 5.75 Å². The van der Waals surface area contributed by atoms with Crippen molar-refractivity contribution in [1.29, 1.82) is 0 Å². The molecular formula is C16H15FN2O4S. The number of aromatic nitrogens is 1. The minimum absolute atomic E-state index is 0.147. The summed E-state index contributed by atoms with van der Waals surface area (Å²) in [6.07, 6.45) is 0.874. The molecule has 0 unspecified atom stereocenters. The van der Waals surface area contributed by atoms with Gasteiger partial charge in [-0.05, 0) is 44.0 Å². The molecule has 6 nitrogen and oxygen atoms in total. The average molecular weight is 350 g/mol. The quantitative estimate of drug-likeness (QED) is 0.836. The zero-order valence-corrected chi connectivity index (χ0v) is 13.7. The van der Waals surface area contributed by atoms with Crippen LogP contribution in [0.2, 0.25) is 0 Å². The molecule has 24 heavy (non-hydrogen) atoms. The SMILES string of the molecule is Cc1nc(COc2ccc(F)cc2)sc1C(=O)NC1(C(=O)O)CC1. The Kier molecular flexibility index (Phi) is 4.23. The van der Waals surface area contributed by atoms with Crippen LogP contribution >= 0.6 is 11.3 Å². The van der Waals surface area contributed by atoms with E-state index in [-0.39, 0.29) is 12.4 Å². The van der Waals surface area contributed by atoms with Gasteiger partial charge in [0.05, 0.1) is 5.69 Å². The lowest BCUT2D eigenvalue weighted by Gasteiger charge is -2.11. The molecule has 0 radical (unpaired) electrons. The number of nitrogens with one attached hydrogen (secondary N) is 1. The maximum Gasteiger partial charge on any atom is 0.329 e. The number of carboxylic acids is 1. The highest BCUT2D eigenvalue weighted by atomic mass is 32.1. The molecule has 0 aliphatic heterocycles. The van der Waals surface area contributed by atoms with Crippen LogP contribution in [0.25, 0.3) is 0 Å². The van der Waals surface area contributed by atoms with Crippen molar-refractivity contribution in [2.75, 3.05) is 0 Å². The van der Waals surface area contributed by atoms with Crippen LogP contribution in [0.1, 0.15) is 33.2 Å². The molecule has 1 fully saturated rings. The first-order chi connectivity index (χ1) is 11.4. The van der Waals surface area contributed by atoms with Gasteiger partial charge < -0.3 is 15.2 Å². The maximum atomic E-state index is 12.8. The molecule has 126 valence electrons.